The fourth-order valence-electron chi connectivity index (χ4n) is 3.53. The number of ether oxygens (including phenoxy) is 1. The van der Waals surface area contributed by atoms with E-state index in [1.54, 1.807) is 0 Å². The van der Waals surface area contributed by atoms with Crippen LogP contribution in [0.1, 0.15) is 34.3 Å². The predicted molar refractivity (Wildman–Crippen MR) is 116 cm³/mol. The van der Waals surface area contributed by atoms with Gasteiger partial charge in [-0.05, 0) is 73.5 Å². The van der Waals surface area contributed by atoms with Crippen LogP contribution in [0.25, 0.3) is 0 Å². The molecule has 0 atom stereocenters. The molecule has 3 aromatic rings. The lowest BCUT2D eigenvalue weighted by Gasteiger charge is -2.14. The quantitative estimate of drug-likeness (QED) is 0.613. The number of rotatable bonds is 7. The average molecular weight is 386 g/mol. The Kier molecular flexibility index (Phi) is 6.22. The van der Waals surface area contributed by atoms with Crippen LogP contribution in [-0.4, -0.2) is 23.9 Å². The third kappa shape index (κ3) is 5.46. The van der Waals surface area contributed by atoms with Gasteiger partial charge in [0.2, 0.25) is 0 Å². The van der Waals surface area contributed by atoms with Crippen LogP contribution in [0.15, 0.2) is 78.9 Å². The Labute approximate surface area is 172 Å². The summed E-state index contributed by atoms with van der Waals surface area (Å²) in [6.07, 6.45) is 2.59. The number of benzene rings is 3. The van der Waals surface area contributed by atoms with Crippen LogP contribution in [0, 0.1) is 0 Å². The van der Waals surface area contributed by atoms with Crippen molar-refractivity contribution < 1.29 is 9.53 Å². The highest BCUT2D eigenvalue weighted by Crippen LogP contribution is 2.17. The molecule has 0 aliphatic carbocycles. The molecule has 148 valence electrons. The van der Waals surface area contributed by atoms with Crippen molar-refractivity contribution in [2.24, 2.45) is 0 Å². The van der Waals surface area contributed by atoms with Gasteiger partial charge >= 0.3 is 0 Å². The molecular formula is C25H26N2O2. The normalized spacial score (nSPS) is 13.9. The lowest BCUT2D eigenvalue weighted by atomic mass is 10.1. The second-order valence-corrected chi connectivity index (χ2v) is 7.43. The summed E-state index contributed by atoms with van der Waals surface area (Å²) in [4.78, 5) is 15.0. The van der Waals surface area contributed by atoms with Gasteiger partial charge < -0.3 is 10.1 Å². The molecule has 3 aromatic carbocycles. The van der Waals surface area contributed by atoms with Crippen LogP contribution in [-0.2, 0) is 13.2 Å². The maximum atomic E-state index is 12.5. The molecular weight excluding hydrogens is 360 g/mol. The Bertz CT molecular complexity index is 915. The Hall–Kier alpha value is -3.11. The largest absolute Gasteiger partial charge is 0.489 e. The molecule has 1 aliphatic rings. The number of nitrogens with one attached hydrogen (secondary N) is 1. The first kappa shape index (κ1) is 19.2. The van der Waals surface area contributed by atoms with Gasteiger partial charge in [0.15, 0.2) is 0 Å². The van der Waals surface area contributed by atoms with Gasteiger partial charge in [-0.3, -0.25) is 9.69 Å². The van der Waals surface area contributed by atoms with Gasteiger partial charge in [0.05, 0.1) is 0 Å². The summed E-state index contributed by atoms with van der Waals surface area (Å²) in [6, 6.07) is 25.4. The maximum absolute atomic E-state index is 12.5. The van der Waals surface area contributed by atoms with E-state index in [9.17, 15) is 4.79 Å². The van der Waals surface area contributed by atoms with Crippen LogP contribution in [0.5, 0.6) is 5.75 Å². The zero-order valence-electron chi connectivity index (χ0n) is 16.5. The lowest BCUT2D eigenvalue weighted by Crippen LogP contribution is -2.18. The average Bonchev–Trinajstić information content (AvgIpc) is 3.28. The third-order valence-corrected chi connectivity index (χ3v) is 5.18. The van der Waals surface area contributed by atoms with Crippen LogP contribution >= 0.6 is 0 Å². The van der Waals surface area contributed by atoms with Crippen molar-refractivity contribution in [1.82, 2.24) is 4.90 Å². The summed E-state index contributed by atoms with van der Waals surface area (Å²) in [5, 5.41) is 2.97. The first-order chi connectivity index (χ1) is 14.3. The zero-order valence-corrected chi connectivity index (χ0v) is 16.5. The van der Waals surface area contributed by atoms with Crippen LogP contribution < -0.4 is 10.1 Å². The predicted octanol–water partition coefficient (Wildman–Crippen LogP) is 5.11. The van der Waals surface area contributed by atoms with E-state index in [0.717, 1.165) is 23.5 Å². The molecule has 1 saturated heterocycles. The number of carbonyl (C=O) groups is 1. The molecule has 0 saturated carbocycles. The van der Waals surface area contributed by atoms with Crippen LogP contribution in [0.3, 0.4) is 0 Å². The van der Waals surface area contributed by atoms with E-state index in [4.69, 9.17) is 4.74 Å². The number of hydrogen-bond acceptors (Lipinski definition) is 3. The number of carbonyl (C=O) groups excluding carboxylic acids is 1. The highest BCUT2D eigenvalue weighted by Gasteiger charge is 2.12. The maximum Gasteiger partial charge on any atom is 0.255 e. The van der Waals surface area contributed by atoms with Gasteiger partial charge in [-0.15, -0.1) is 0 Å². The fraction of sp³-hybridized carbons (Fsp3) is 0.240. The van der Waals surface area contributed by atoms with Gasteiger partial charge in [-0.1, -0.05) is 42.5 Å². The van der Waals surface area contributed by atoms with Crippen molar-refractivity contribution in [1.29, 1.82) is 0 Å². The number of nitrogens with zero attached hydrogens (tertiary/aromatic N) is 1. The molecule has 1 N–H and O–H groups in total. The highest BCUT2D eigenvalue weighted by molar-refractivity contribution is 6.04. The van der Waals surface area contributed by atoms with E-state index in [-0.39, 0.29) is 5.91 Å². The second kappa shape index (κ2) is 9.39. The van der Waals surface area contributed by atoms with E-state index in [1.165, 1.54) is 31.5 Å². The van der Waals surface area contributed by atoms with Crippen molar-refractivity contribution in [2.45, 2.75) is 26.0 Å². The third-order valence-electron chi connectivity index (χ3n) is 5.18. The minimum absolute atomic E-state index is 0.104. The molecule has 0 radical (unpaired) electrons. The zero-order chi connectivity index (χ0) is 19.9. The molecule has 0 bridgehead atoms. The van der Waals surface area contributed by atoms with Crippen molar-refractivity contribution in [2.75, 3.05) is 18.4 Å². The van der Waals surface area contributed by atoms with E-state index in [0.29, 0.717) is 12.2 Å². The molecule has 1 heterocycles. The van der Waals surface area contributed by atoms with Crippen LogP contribution in [0.2, 0.25) is 0 Å². The number of para-hydroxylation sites is 1. The molecule has 0 spiro atoms. The Balaban J connectivity index is 1.29. The lowest BCUT2D eigenvalue weighted by molar-refractivity contribution is 0.102. The van der Waals surface area contributed by atoms with E-state index >= 15 is 0 Å². The van der Waals surface area contributed by atoms with E-state index in [1.807, 2.05) is 66.7 Å². The standard InChI is InChI=1S/C25H26N2O2/c28-25(26-23-14-10-20(11-15-23)18-27-16-4-5-17-27)22-12-8-21(9-13-22)19-29-24-6-2-1-3-7-24/h1-3,6-15H,4-5,16-19H2,(H,26,28). The molecule has 1 amide bonds. The first-order valence-electron chi connectivity index (χ1n) is 10.2. The monoisotopic (exact) mass is 386 g/mol. The van der Waals surface area contributed by atoms with Gasteiger partial charge in [0.1, 0.15) is 12.4 Å². The van der Waals surface area contributed by atoms with Gasteiger partial charge in [-0.2, -0.15) is 0 Å². The minimum Gasteiger partial charge on any atom is -0.489 e. The number of amides is 1. The summed E-state index contributed by atoms with van der Waals surface area (Å²) in [5.74, 6) is 0.732. The van der Waals surface area contributed by atoms with E-state index < -0.39 is 0 Å². The number of anilines is 1. The topological polar surface area (TPSA) is 41.6 Å². The molecule has 4 rings (SSSR count). The fourth-order valence-corrected chi connectivity index (χ4v) is 3.53. The van der Waals surface area contributed by atoms with Crippen molar-refractivity contribution in [3.8, 4) is 5.75 Å². The molecule has 1 fully saturated rings. The Morgan fingerprint density at radius 3 is 2.17 bits per heavy atom. The van der Waals surface area contributed by atoms with Gasteiger partial charge in [0.25, 0.3) is 5.91 Å². The van der Waals surface area contributed by atoms with Gasteiger partial charge in [-0.25, -0.2) is 0 Å². The molecule has 1 aliphatic heterocycles. The Morgan fingerprint density at radius 1 is 0.828 bits per heavy atom. The summed E-state index contributed by atoms with van der Waals surface area (Å²) < 4.78 is 5.74. The summed E-state index contributed by atoms with van der Waals surface area (Å²) in [5.41, 5.74) is 3.76. The van der Waals surface area contributed by atoms with Gasteiger partial charge in [0, 0.05) is 17.8 Å². The molecule has 4 nitrogen and oxygen atoms in total. The molecule has 0 unspecified atom stereocenters. The molecule has 4 heteroatoms. The Morgan fingerprint density at radius 2 is 1.48 bits per heavy atom. The first-order valence-corrected chi connectivity index (χ1v) is 10.2. The highest BCUT2D eigenvalue weighted by atomic mass is 16.5. The van der Waals surface area contributed by atoms with Crippen molar-refractivity contribution in [3.05, 3.63) is 95.6 Å². The SMILES string of the molecule is O=C(Nc1ccc(CN2CCCC2)cc1)c1ccc(COc2ccccc2)cc1. The molecule has 29 heavy (non-hydrogen) atoms. The minimum atomic E-state index is -0.104. The summed E-state index contributed by atoms with van der Waals surface area (Å²) >= 11 is 0. The summed E-state index contributed by atoms with van der Waals surface area (Å²) in [7, 11) is 0. The smallest absolute Gasteiger partial charge is 0.255 e. The van der Waals surface area contributed by atoms with E-state index in [2.05, 4.69) is 22.3 Å². The van der Waals surface area contributed by atoms with Crippen molar-refractivity contribution >= 4 is 11.6 Å². The van der Waals surface area contributed by atoms with Crippen molar-refractivity contribution in [3.63, 3.8) is 0 Å². The van der Waals surface area contributed by atoms with Crippen LogP contribution in [0.4, 0.5) is 5.69 Å². The second-order valence-electron chi connectivity index (χ2n) is 7.43. The molecule has 0 aromatic heterocycles. The number of hydrogen-bond donors (Lipinski definition) is 1. The summed E-state index contributed by atoms with van der Waals surface area (Å²) in [6.45, 7) is 3.83. The number of likely N-dealkylation sites (tertiary alicyclic amines) is 1.